The third-order valence-corrected chi connectivity index (χ3v) is 1.68. The normalized spacial score (nSPS) is 9.38. The van der Waals surface area contributed by atoms with Crippen LogP contribution < -0.4 is 4.74 Å². The van der Waals surface area contributed by atoms with Crippen LogP contribution in [-0.2, 0) is 0 Å². The molecule has 0 aliphatic carbocycles. The van der Waals surface area contributed by atoms with E-state index in [1.165, 1.54) is 12.1 Å². The third kappa shape index (κ3) is 2.00. The molecule has 0 heterocycles. The van der Waals surface area contributed by atoms with Crippen molar-refractivity contribution in [2.45, 2.75) is 13.8 Å². The first kappa shape index (κ1) is 9.60. The number of benzene rings is 1. The molecule has 13 heavy (non-hydrogen) atoms. The monoisotopic (exact) mass is 178 g/mol. The number of hydrogen-bond acceptors (Lipinski definition) is 1. The van der Waals surface area contributed by atoms with Gasteiger partial charge >= 0.3 is 0 Å². The molecule has 0 bridgehead atoms. The van der Waals surface area contributed by atoms with Gasteiger partial charge in [0.15, 0.2) is 0 Å². The molecule has 0 aromatic heterocycles. The first-order valence-electron chi connectivity index (χ1n) is 4.08. The fraction of sp³-hybridized carbons (Fsp3) is 0.273. The molecule has 2 heteroatoms. The Kier molecular flexibility index (Phi) is 2.92. The van der Waals surface area contributed by atoms with E-state index in [1.54, 1.807) is 6.92 Å². The summed E-state index contributed by atoms with van der Waals surface area (Å²) in [6.07, 6.45) is 5.22. The van der Waals surface area contributed by atoms with E-state index in [1.807, 2.05) is 6.92 Å². The second-order valence-corrected chi connectivity index (χ2v) is 2.68. The lowest BCUT2D eigenvalue weighted by Crippen LogP contribution is -1.97. The van der Waals surface area contributed by atoms with E-state index in [9.17, 15) is 4.39 Å². The van der Waals surface area contributed by atoms with Gasteiger partial charge in [0.25, 0.3) is 0 Å². The molecule has 0 saturated carbocycles. The first-order chi connectivity index (χ1) is 6.19. The van der Waals surface area contributed by atoms with Crippen molar-refractivity contribution in [3.8, 4) is 18.1 Å². The molecule has 0 atom stereocenters. The maximum Gasteiger partial charge on any atom is 0.137 e. The smallest absolute Gasteiger partial charge is 0.137 e. The molecular weight excluding hydrogens is 167 g/mol. The number of hydrogen-bond donors (Lipinski definition) is 0. The maximum atomic E-state index is 12.9. The van der Waals surface area contributed by atoms with E-state index in [2.05, 4.69) is 5.92 Å². The standard InChI is InChI=1S/C11H11FO/c1-4-9-7-10(12)6-8(3)11(9)13-5-2/h1,6-7H,5H2,2-3H3. The number of rotatable bonds is 2. The molecule has 0 N–H and O–H groups in total. The summed E-state index contributed by atoms with van der Waals surface area (Å²) in [7, 11) is 0. The van der Waals surface area contributed by atoms with Gasteiger partial charge < -0.3 is 4.74 Å². The van der Waals surface area contributed by atoms with Crippen molar-refractivity contribution in [1.29, 1.82) is 0 Å². The van der Waals surface area contributed by atoms with Gasteiger partial charge in [0.05, 0.1) is 12.2 Å². The molecule has 1 rings (SSSR count). The lowest BCUT2D eigenvalue weighted by molar-refractivity contribution is 0.336. The van der Waals surface area contributed by atoms with Crippen molar-refractivity contribution in [2.24, 2.45) is 0 Å². The lowest BCUT2D eigenvalue weighted by atomic mass is 10.1. The highest BCUT2D eigenvalue weighted by atomic mass is 19.1. The Bertz CT molecular complexity index is 350. The lowest BCUT2D eigenvalue weighted by Gasteiger charge is -2.09. The van der Waals surface area contributed by atoms with Crippen molar-refractivity contribution in [3.05, 3.63) is 29.1 Å². The molecule has 0 aliphatic rings. The number of aryl methyl sites for hydroxylation is 1. The Labute approximate surface area is 77.5 Å². The van der Waals surface area contributed by atoms with Crippen molar-refractivity contribution in [2.75, 3.05) is 6.61 Å². The van der Waals surface area contributed by atoms with Gasteiger partial charge in [0, 0.05) is 0 Å². The summed E-state index contributed by atoms with van der Waals surface area (Å²) >= 11 is 0. The predicted molar refractivity (Wildman–Crippen MR) is 50.2 cm³/mol. The molecule has 68 valence electrons. The zero-order valence-electron chi connectivity index (χ0n) is 7.73. The molecular formula is C11H11FO. The molecule has 0 unspecified atom stereocenters. The minimum Gasteiger partial charge on any atom is -0.492 e. The second-order valence-electron chi connectivity index (χ2n) is 2.68. The van der Waals surface area contributed by atoms with Gasteiger partial charge in [0.2, 0.25) is 0 Å². The van der Waals surface area contributed by atoms with Crippen molar-refractivity contribution in [1.82, 2.24) is 0 Å². The van der Waals surface area contributed by atoms with Crippen LogP contribution in [0.25, 0.3) is 0 Å². The summed E-state index contributed by atoms with van der Waals surface area (Å²) in [4.78, 5) is 0. The van der Waals surface area contributed by atoms with Crippen LogP contribution in [0.4, 0.5) is 4.39 Å². The summed E-state index contributed by atoms with van der Waals surface area (Å²) in [6.45, 7) is 4.17. The summed E-state index contributed by atoms with van der Waals surface area (Å²) in [5.41, 5.74) is 1.20. The minimum absolute atomic E-state index is 0.325. The summed E-state index contributed by atoms with van der Waals surface area (Å²) in [5.74, 6) is 2.68. The van der Waals surface area contributed by atoms with Gasteiger partial charge in [-0.3, -0.25) is 0 Å². The van der Waals surface area contributed by atoms with Gasteiger partial charge in [-0.05, 0) is 31.5 Å². The van der Waals surface area contributed by atoms with Gasteiger partial charge in [-0.1, -0.05) is 5.92 Å². The van der Waals surface area contributed by atoms with Crippen LogP contribution in [0.2, 0.25) is 0 Å². The summed E-state index contributed by atoms with van der Waals surface area (Å²) < 4.78 is 18.2. The minimum atomic E-state index is -0.325. The Morgan fingerprint density at radius 1 is 1.54 bits per heavy atom. The number of ether oxygens (including phenoxy) is 1. The Balaban J connectivity index is 3.23. The molecule has 0 radical (unpaired) electrons. The molecule has 0 amide bonds. The summed E-state index contributed by atoms with van der Waals surface area (Å²) in [6, 6.07) is 2.71. The first-order valence-corrected chi connectivity index (χ1v) is 4.08. The third-order valence-electron chi connectivity index (χ3n) is 1.68. The van der Waals surface area contributed by atoms with Crippen LogP contribution >= 0.6 is 0 Å². The van der Waals surface area contributed by atoms with Gasteiger partial charge in [0.1, 0.15) is 11.6 Å². The van der Waals surface area contributed by atoms with Crippen LogP contribution in [0.1, 0.15) is 18.1 Å². The van der Waals surface area contributed by atoms with Crippen LogP contribution in [0.5, 0.6) is 5.75 Å². The molecule has 0 fully saturated rings. The topological polar surface area (TPSA) is 9.23 Å². The van der Waals surface area contributed by atoms with E-state index < -0.39 is 0 Å². The average Bonchev–Trinajstić information content (AvgIpc) is 2.09. The van der Waals surface area contributed by atoms with E-state index in [0.29, 0.717) is 17.9 Å². The zero-order valence-corrected chi connectivity index (χ0v) is 7.73. The maximum absolute atomic E-state index is 12.9. The number of halogens is 1. The molecule has 1 aromatic rings. The van der Waals surface area contributed by atoms with Crippen molar-refractivity contribution < 1.29 is 9.13 Å². The molecule has 0 saturated heterocycles. The fourth-order valence-electron chi connectivity index (χ4n) is 1.17. The Morgan fingerprint density at radius 2 is 2.23 bits per heavy atom. The highest BCUT2D eigenvalue weighted by molar-refractivity contribution is 5.49. The highest BCUT2D eigenvalue weighted by Crippen LogP contribution is 2.24. The van der Waals surface area contributed by atoms with E-state index in [-0.39, 0.29) is 5.82 Å². The second kappa shape index (κ2) is 3.95. The predicted octanol–water partition coefficient (Wildman–Crippen LogP) is 2.51. The zero-order chi connectivity index (χ0) is 9.84. The molecule has 0 aliphatic heterocycles. The van der Waals surface area contributed by atoms with E-state index >= 15 is 0 Å². The molecule has 0 spiro atoms. The van der Waals surface area contributed by atoms with Gasteiger partial charge in [-0.15, -0.1) is 6.42 Å². The van der Waals surface area contributed by atoms with Crippen LogP contribution in [0.15, 0.2) is 12.1 Å². The molecule has 1 aromatic carbocycles. The van der Waals surface area contributed by atoms with Crippen LogP contribution in [0, 0.1) is 25.1 Å². The quantitative estimate of drug-likeness (QED) is 0.632. The average molecular weight is 178 g/mol. The van der Waals surface area contributed by atoms with Gasteiger partial charge in [-0.25, -0.2) is 4.39 Å². The van der Waals surface area contributed by atoms with Crippen molar-refractivity contribution >= 4 is 0 Å². The fourth-order valence-corrected chi connectivity index (χ4v) is 1.17. The Morgan fingerprint density at radius 3 is 2.77 bits per heavy atom. The largest absolute Gasteiger partial charge is 0.492 e. The van der Waals surface area contributed by atoms with E-state index in [4.69, 9.17) is 11.2 Å². The van der Waals surface area contributed by atoms with Crippen LogP contribution in [-0.4, -0.2) is 6.61 Å². The van der Waals surface area contributed by atoms with Crippen molar-refractivity contribution in [3.63, 3.8) is 0 Å². The van der Waals surface area contributed by atoms with E-state index in [0.717, 1.165) is 5.56 Å². The Hall–Kier alpha value is -1.49. The van der Waals surface area contributed by atoms with Gasteiger partial charge in [-0.2, -0.15) is 0 Å². The highest BCUT2D eigenvalue weighted by Gasteiger charge is 2.06. The number of terminal acetylenes is 1. The summed E-state index contributed by atoms with van der Waals surface area (Å²) in [5, 5.41) is 0. The molecule has 1 nitrogen and oxygen atoms in total. The SMILES string of the molecule is C#Cc1cc(F)cc(C)c1OCC. The van der Waals surface area contributed by atoms with Crippen LogP contribution in [0.3, 0.4) is 0 Å².